The number of hydrogen-bond donors (Lipinski definition) is 0. The van der Waals surface area contributed by atoms with Crippen LogP contribution in [-0.2, 0) is 0 Å². The summed E-state index contributed by atoms with van der Waals surface area (Å²) in [4.78, 5) is 15.4. The summed E-state index contributed by atoms with van der Waals surface area (Å²) in [7, 11) is 0. The van der Waals surface area contributed by atoms with Crippen molar-refractivity contribution in [3.63, 3.8) is 0 Å². The maximum atomic E-state index is 5.21. The zero-order chi connectivity index (χ0) is 33.7. The molecule has 0 saturated heterocycles. The summed E-state index contributed by atoms with van der Waals surface area (Å²) in [5.74, 6) is 2.22. The van der Waals surface area contributed by atoms with Crippen LogP contribution in [0.5, 0.6) is 0 Å². The van der Waals surface area contributed by atoms with Crippen LogP contribution in [0.3, 0.4) is 0 Å². The van der Waals surface area contributed by atoms with Crippen molar-refractivity contribution < 1.29 is 0 Å². The predicted octanol–water partition coefficient (Wildman–Crippen LogP) is 10.7. The molecular weight excluding hydrogens is 625 g/mol. The molecule has 6 heteroatoms. The highest BCUT2D eigenvalue weighted by Crippen LogP contribution is 2.35. The largest absolute Gasteiger partial charge is 0.258 e. The molecule has 51 heavy (non-hydrogen) atoms. The molecular formula is C45H28N6. The molecule has 0 amide bonds. The summed E-state index contributed by atoms with van der Waals surface area (Å²) in [6.07, 6.45) is 0. The third-order valence-corrected chi connectivity index (χ3v) is 9.48. The van der Waals surface area contributed by atoms with Crippen molar-refractivity contribution in [2.24, 2.45) is 0 Å². The van der Waals surface area contributed by atoms with Crippen molar-refractivity contribution in [2.45, 2.75) is 0 Å². The Morgan fingerprint density at radius 2 is 0.980 bits per heavy atom. The first-order valence-electron chi connectivity index (χ1n) is 16.9. The van der Waals surface area contributed by atoms with Gasteiger partial charge >= 0.3 is 0 Å². The smallest absolute Gasteiger partial charge is 0.172 e. The Bertz CT molecular complexity index is 2930. The van der Waals surface area contributed by atoms with Crippen LogP contribution < -0.4 is 0 Å². The van der Waals surface area contributed by atoms with E-state index in [1.165, 1.54) is 10.8 Å². The summed E-state index contributed by atoms with van der Waals surface area (Å²) in [5.41, 5.74) is 9.54. The van der Waals surface area contributed by atoms with Crippen LogP contribution in [0.1, 0.15) is 0 Å². The summed E-state index contributed by atoms with van der Waals surface area (Å²) in [6.45, 7) is 0. The van der Waals surface area contributed by atoms with Gasteiger partial charge in [0.1, 0.15) is 5.82 Å². The van der Waals surface area contributed by atoms with Crippen molar-refractivity contribution in [3.05, 3.63) is 170 Å². The maximum absolute atomic E-state index is 5.21. The van der Waals surface area contributed by atoms with Crippen LogP contribution in [-0.4, -0.2) is 29.5 Å². The van der Waals surface area contributed by atoms with Crippen LogP contribution >= 0.6 is 0 Å². The highest BCUT2D eigenvalue weighted by molar-refractivity contribution is 5.97. The van der Waals surface area contributed by atoms with Crippen LogP contribution in [0, 0.1) is 0 Å². The van der Waals surface area contributed by atoms with E-state index >= 15 is 0 Å². The Balaban J connectivity index is 1.10. The second kappa shape index (κ2) is 11.8. The van der Waals surface area contributed by atoms with E-state index in [-0.39, 0.29) is 0 Å². The average molecular weight is 653 g/mol. The fourth-order valence-electron chi connectivity index (χ4n) is 6.99. The Morgan fingerprint density at radius 1 is 0.353 bits per heavy atom. The van der Waals surface area contributed by atoms with E-state index in [4.69, 9.17) is 15.0 Å². The molecule has 0 spiro atoms. The van der Waals surface area contributed by atoms with Gasteiger partial charge in [-0.1, -0.05) is 133 Å². The molecule has 0 saturated carbocycles. The minimum Gasteiger partial charge on any atom is -0.258 e. The van der Waals surface area contributed by atoms with Gasteiger partial charge in [0.15, 0.2) is 17.3 Å². The van der Waals surface area contributed by atoms with Gasteiger partial charge < -0.3 is 0 Å². The van der Waals surface area contributed by atoms with Gasteiger partial charge in [0.05, 0.1) is 16.7 Å². The van der Waals surface area contributed by atoms with Gasteiger partial charge in [-0.15, -0.1) is 10.2 Å². The molecule has 0 unspecified atom stereocenters. The van der Waals surface area contributed by atoms with Gasteiger partial charge in [0.2, 0.25) is 0 Å². The molecule has 238 valence electrons. The first-order chi connectivity index (χ1) is 25.3. The molecule has 3 heterocycles. The number of para-hydroxylation sites is 2. The molecule has 0 aliphatic rings. The van der Waals surface area contributed by atoms with Crippen LogP contribution in [0.4, 0.5) is 0 Å². The van der Waals surface area contributed by atoms with Crippen LogP contribution in [0.15, 0.2) is 170 Å². The molecule has 0 aliphatic heterocycles. The summed E-state index contributed by atoms with van der Waals surface area (Å²) in [5, 5.41) is 13.7. The lowest BCUT2D eigenvalue weighted by molar-refractivity contribution is 1.10. The van der Waals surface area contributed by atoms with E-state index in [9.17, 15) is 0 Å². The van der Waals surface area contributed by atoms with Gasteiger partial charge in [-0.2, -0.15) is 0 Å². The lowest BCUT2D eigenvalue weighted by Gasteiger charge is -2.12. The number of rotatable bonds is 5. The number of benzene rings is 7. The van der Waals surface area contributed by atoms with Gasteiger partial charge in [-0.3, -0.25) is 4.40 Å². The molecule has 0 fully saturated rings. The predicted molar refractivity (Wildman–Crippen MR) is 206 cm³/mol. The van der Waals surface area contributed by atoms with E-state index in [1.807, 2.05) is 54.6 Å². The summed E-state index contributed by atoms with van der Waals surface area (Å²) >= 11 is 0. The Kier molecular flexibility index (Phi) is 6.70. The van der Waals surface area contributed by atoms with Gasteiger partial charge in [-0.05, 0) is 58.3 Å². The van der Waals surface area contributed by atoms with Gasteiger partial charge in [-0.25, -0.2) is 15.0 Å². The van der Waals surface area contributed by atoms with E-state index in [2.05, 4.69) is 130 Å². The number of nitrogens with zero attached hydrogens (tertiary/aromatic N) is 6. The third kappa shape index (κ3) is 5.01. The number of fused-ring (bicyclic) bond motifs is 5. The van der Waals surface area contributed by atoms with Crippen molar-refractivity contribution in [2.75, 3.05) is 0 Å². The summed E-state index contributed by atoms with van der Waals surface area (Å²) < 4.78 is 2.07. The van der Waals surface area contributed by atoms with Crippen LogP contribution in [0.2, 0.25) is 0 Å². The molecule has 6 nitrogen and oxygen atoms in total. The Morgan fingerprint density at radius 3 is 1.80 bits per heavy atom. The molecule has 3 aromatic heterocycles. The SMILES string of the molecule is c1ccc(-c2nnc3c4ccccc4nc(-c4cccc(-c5cccc(-c6nc(-c7ccc8ccccc8c7)c7ccccc7n6)c5)c4)n23)cc1. The Labute approximate surface area is 293 Å². The fraction of sp³-hybridized carbons (Fsp3) is 0. The highest BCUT2D eigenvalue weighted by Gasteiger charge is 2.18. The quantitative estimate of drug-likeness (QED) is 0.185. The normalized spacial score (nSPS) is 11.5. The maximum Gasteiger partial charge on any atom is 0.172 e. The zero-order valence-electron chi connectivity index (χ0n) is 27.3. The van der Waals surface area contributed by atoms with Crippen molar-refractivity contribution in [1.29, 1.82) is 0 Å². The van der Waals surface area contributed by atoms with Crippen molar-refractivity contribution in [3.8, 4) is 56.5 Å². The zero-order valence-corrected chi connectivity index (χ0v) is 27.3. The molecule has 10 rings (SSSR count). The molecule has 10 aromatic rings. The fourth-order valence-corrected chi connectivity index (χ4v) is 6.99. The average Bonchev–Trinajstić information content (AvgIpc) is 3.66. The molecule has 0 aliphatic carbocycles. The Hall–Kier alpha value is -7.05. The second-order valence-corrected chi connectivity index (χ2v) is 12.6. The number of hydrogen-bond acceptors (Lipinski definition) is 5. The van der Waals surface area contributed by atoms with Crippen molar-refractivity contribution in [1.82, 2.24) is 29.5 Å². The lowest BCUT2D eigenvalue weighted by Crippen LogP contribution is -2.00. The number of aromatic nitrogens is 6. The summed E-state index contributed by atoms with van der Waals surface area (Å²) in [6, 6.07) is 58.4. The minimum absolute atomic E-state index is 0.685. The van der Waals surface area contributed by atoms with Crippen molar-refractivity contribution >= 4 is 38.2 Å². The standard InChI is InChI=1S/C45H28N6/c1-2-13-30(14-3-1)44-49-50-45-38-21-7-9-23-40(38)47-43(51(44)45)36-19-11-17-33(28-36)32-16-10-18-35(27-32)42-46-39-22-8-6-20-37(39)41(48-42)34-25-24-29-12-4-5-15-31(29)26-34/h1-28H. The molecule has 7 aromatic carbocycles. The molecule has 0 N–H and O–H groups in total. The minimum atomic E-state index is 0.685. The molecule has 0 atom stereocenters. The third-order valence-electron chi connectivity index (χ3n) is 9.48. The first-order valence-corrected chi connectivity index (χ1v) is 16.9. The van der Waals surface area contributed by atoms with Gasteiger partial charge in [0, 0.05) is 33.0 Å². The molecule has 0 bridgehead atoms. The molecule has 0 radical (unpaired) electrons. The van der Waals surface area contributed by atoms with E-state index in [1.54, 1.807) is 0 Å². The second-order valence-electron chi connectivity index (χ2n) is 12.6. The van der Waals surface area contributed by atoms with E-state index < -0.39 is 0 Å². The first kappa shape index (κ1) is 28.9. The van der Waals surface area contributed by atoms with Gasteiger partial charge in [0.25, 0.3) is 0 Å². The topological polar surface area (TPSA) is 68.9 Å². The van der Waals surface area contributed by atoms with Crippen LogP contribution in [0.25, 0.3) is 94.8 Å². The van der Waals surface area contributed by atoms with E-state index in [0.717, 1.165) is 78.2 Å². The van der Waals surface area contributed by atoms with E-state index in [0.29, 0.717) is 5.82 Å². The lowest BCUT2D eigenvalue weighted by atomic mass is 9.99. The highest BCUT2D eigenvalue weighted by atomic mass is 15.3. The monoisotopic (exact) mass is 652 g/mol.